The van der Waals surface area contributed by atoms with Crippen molar-refractivity contribution in [2.24, 2.45) is 9.98 Å². The molecular weight excluding hydrogens is 617 g/mol. The van der Waals surface area contributed by atoms with Crippen molar-refractivity contribution < 1.29 is 4.74 Å². The highest BCUT2D eigenvalue weighted by molar-refractivity contribution is 7.26. The first-order valence-corrected chi connectivity index (χ1v) is 18.1. The third-order valence-electron chi connectivity index (χ3n) is 9.50. The largest absolute Gasteiger partial charge is 0.455 e. The Morgan fingerprint density at radius 2 is 1.57 bits per heavy atom. The van der Waals surface area contributed by atoms with Crippen LogP contribution in [0.4, 0.5) is 0 Å². The number of hydrogen-bond donors (Lipinski definition) is 0. The van der Waals surface area contributed by atoms with Gasteiger partial charge in [-0.15, -0.1) is 11.3 Å². The van der Waals surface area contributed by atoms with Gasteiger partial charge < -0.3 is 4.74 Å². The molecule has 0 saturated heterocycles. The number of allylic oxidation sites excluding steroid dienone is 4. The van der Waals surface area contributed by atoms with E-state index in [1.165, 1.54) is 36.9 Å². The first kappa shape index (κ1) is 32.5. The molecule has 7 rings (SSSR count). The van der Waals surface area contributed by atoms with Gasteiger partial charge in [0.05, 0.1) is 17.0 Å². The van der Waals surface area contributed by atoms with Gasteiger partial charge in [-0.3, -0.25) is 9.98 Å². The molecule has 0 amide bonds. The van der Waals surface area contributed by atoms with Gasteiger partial charge in [-0.2, -0.15) is 0 Å². The molecule has 0 fully saturated rings. The van der Waals surface area contributed by atoms with Crippen LogP contribution in [0.25, 0.3) is 31.3 Å². The Bertz CT molecular complexity index is 2240. The molecule has 0 atom stereocenters. The fourth-order valence-corrected chi connectivity index (χ4v) is 7.93. The van der Waals surface area contributed by atoms with Gasteiger partial charge in [-0.1, -0.05) is 130 Å². The number of unbranched alkanes of at least 4 members (excludes halogenated alkanes) is 1. The summed E-state index contributed by atoms with van der Waals surface area (Å²) in [6.45, 7) is 11.3. The summed E-state index contributed by atoms with van der Waals surface area (Å²) in [5, 5.41) is 2.54. The highest BCUT2D eigenvalue weighted by Gasteiger charge is 2.36. The zero-order valence-corrected chi connectivity index (χ0v) is 29.4. The van der Waals surface area contributed by atoms with Gasteiger partial charge in [0.2, 0.25) is 0 Å². The molecule has 0 N–H and O–H groups in total. The molecule has 3 nitrogen and oxygen atoms in total. The lowest BCUT2D eigenvalue weighted by Crippen LogP contribution is -2.24. The van der Waals surface area contributed by atoms with Crippen LogP contribution in [0.1, 0.15) is 68.7 Å². The van der Waals surface area contributed by atoms with Crippen molar-refractivity contribution in [1.82, 2.24) is 0 Å². The average Bonchev–Trinajstić information content (AvgIpc) is 3.52. The highest BCUT2D eigenvalue weighted by Crippen LogP contribution is 2.53. The molecule has 0 spiro atoms. The minimum atomic E-state index is -0.199. The van der Waals surface area contributed by atoms with Crippen LogP contribution in [0.15, 0.2) is 143 Å². The van der Waals surface area contributed by atoms with Gasteiger partial charge in [0.1, 0.15) is 11.5 Å². The van der Waals surface area contributed by atoms with E-state index in [4.69, 9.17) is 9.73 Å². The van der Waals surface area contributed by atoms with E-state index < -0.39 is 0 Å². The Labute approximate surface area is 294 Å². The van der Waals surface area contributed by atoms with Gasteiger partial charge in [-0.25, -0.2) is 0 Å². The maximum atomic E-state index is 6.86. The Morgan fingerprint density at radius 1 is 0.796 bits per heavy atom. The fourth-order valence-electron chi connectivity index (χ4n) is 6.74. The standard InChI is InChI=1S/C45H42N2OS/c1-5-6-7-8-12-20-35(46-4)29-40(47-30-31-16-10-9-11-17-31)34-19-15-18-32(27-34)33-23-25-38-41(28-33)48-43-39(45(38,2)3)26-24-37-36-21-13-14-22-42(36)49-44(37)43/h7-11,13-19,21-29H,4-6,12,20,30H2,1-3H3/b8-7-,35-29-,47-40?. The van der Waals surface area contributed by atoms with Crippen LogP contribution < -0.4 is 4.74 Å². The first-order valence-electron chi connectivity index (χ1n) is 17.2. The molecule has 5 aromatic carbocycles. The number of rotatable bonds is 11. The quantitative estimate of drug-likeness (QED) is 0.101. The predicted octanol–water partition coefficient (Wildman–Crippen LogP) is 12.9. The summed E-state index contributed by atoms with van der Waals surface area (Å²) in [6.07, 6.45) is 10.6. The molecule has 0 unspecified atom stereocenters. The fraction of sp³-hybridized carbons (Fsp3) is 0.200. The van der Waals surface area contributed by atoms with Crippen molar-refractivity contribution >= 4 is 43.9 Å². The highest BCUT2D eigenvalue weighted by atomic mass is 32.1. The number of ether oxygens (including phenoxy) is 1. The molecule has 0 saturated carbocycles. The van der Waals surface area contributed by atoms with Crippen molar-refractivity contribution in [3.63, 3.8) is 0 Å². The Morgan fingerprint density at radius 3 is 2.41 bits per heavy atom. The molecule has 49 heavy (non-hydrogen) atoms. The second kappa shape index (κ2) is 14.2. The Kier molecular flexibility index (Phi) is 9.41. The lowest BCUT2D eigenvalue weighted by molar-refractivity contribution is 0.424. The molecule has 0 bridgehead atoms. The molecular formula is C45H42N2OS. The summed E-state index contributed by atoms with van der Waals surface area (Å²) in [4.78, 5) is 9.52. The van der Waals surface area contributed by atoms with Gasteiger partial charge in [-0.05, 0) is 66.9 Å². The lowest BCUT2D eigenvalue weighted by Gasteiger charge is -2.35. The van der Waals surface area contributed by atoms with Gasteiger partial charge >= 0.3 is 0 Å². The normalized spacial score (nSPS) is 14.2. The van der Waals surface area contributed by atoms with Crippen LogP contribution in [0.3, 0.4) is 0 Å². The smallest absolute Gasteiger partial charge is 0.149 e. The van der Waals surface area contributed by atoms with Crippen molar-refractivity contribution in [1.29, 1.82) is 0 Å². The van der Waals surface area contributed by atoms with Crippen molar-refractivity contribution in [3.05, 3.63) is 155 Å². The average molecular weight is 659 g/mol. The number of hydrogen-bond acceptors (Lipinski definition) is 4. The zero-order chi connectivity index (χ0) is 33.8. The summed E-state index contributed by atoms with van der Waals surface area (Å²) < 4.78 is 9.36. The zero-order valence-electron chi connectivity index (χ0n) is 28.6. The van der Waals surface area contributed by atoms with E-state index in [2.05, 4.69) is 154 Å². The molecule has 0 radical (unpaired) electrons. The molecule has 6 aromatic rings. The van der Waals surface area contributed by atoms with Crippen LogP contribution >= 0.6 is 11.3 Å². The third-order valence-corrected chi connectivity index (χ3v) is 10.7. The maximum Gasteiger partial charge on any atom is 0.149 e. The van der Waals surface area contributed by atoms with Gasteiger partial charge in [0.25, 0.3) is 0 Å². The SMILES string of the molecule is C=N/C(=C\C(=NCc1ccccc1)c1cccc(-c2ccc3c(c2)Oc2c(ccc4c2sc2ccccc24)C3(C)C)c1)CC/C=C\CCC. The van der Waals surface area contributed by atoms with Gasteiger partial charge in [0.15, 0.2) is 0 Å². The molecule has 0 aliphatic carbocycles. The minimum absolute atomic E-state index is 0.199. The third kappa shape index (κ3) is 6.66. The van der Waals surface area contributed by atoms with Crippen LogP contribution in [-0.2, 0) is 12.0 Å². The molecule has 244 valence electrons. The monoisotopic (exact) mass is 658 g/mol. The van der Waals surface area contributed by atoms with E-state index in [0.29, 0.717) is 6.54 Å². The Balaban J connectivity index is 1.25. The van der Waals surface area contributed by atoms with E-state index in [0.717, 1.165) is 65.3 Å². The second-order valence-corrected chi connectivity index (χ2v) is 14.3. The van der Waals surface area contributed by atoms with E-state index >= 15 is 0 Å². The number of aliphatic imine (C=N–C) groups is 2. The number of benzene rings is 5. The van der Waals surface area contributed by atoms with E-state index in [-0.39, 0.29) is 5.41 Å². The second-order valence-electron chi connectivity index (χ2n) is 13.2. The van der Waals surface area contributed by atoms with Crippen LogP contribution in [0.5, 0.6) is 11.5 Å². The Hall–Kier alpha value is -5.06. The van der Waals surface area contributed by atoms with E-state index in [9.17, 15) is 0 Å². The summed E-state index contributed by atoms with van der Waals surface area (Å²) in [7, 11) is 0. The van der Waals surface area contributed by atoms with Gasteiger partial charge in [0, 0.05) is 43.3 Å². The van der Waals surface area contributed by atoms with Crippen LogP contribution in [0.2, 0.25) is 0 Å². The topological polar surface area (TPSA) is 34.0 Å². The van der Waals surface area contributed by atoms with Crippen LogP contribution in [-0.4, -0.2) is 12.4 Å². The lowest BCUT2D eigenvalue weighted by atomic mass is 9.75. The molecule has 1 aliphatic heterocycles. The van der Waals surface area contributed by atoms with E-state index in [1.807, 2.05) is 17.4 Å². The summed E-state index contributed by atoms with van der Waals surface area (Å²) >= 11 is 1.82. The maximum absolute atomic E-state index is 6.86. The van der Waals surface area contributed by atoms with Crippen molar-refractivity contribution in [2.75, 3.05) is 0 Å². The summed E-state index contributed by atoms with van der Waals surface area (Å²) in [6, 6.07) is 38.9. The molecule has 1 aliphatic rings. The predicted molar refractivity (Wildman–Crippen MR) is 211 cm³/mol. The van der Waals surface area contributed by atoms with Crippen LogP contribution in [0, 0.1) is 0 Å². The van der Waals surface area contributed by atoms with Crippen molar-refractivity contribution in [2.45, 2.75) is 58.4 Å². The van der Waals surface area contributed by atoms with Crippen molar-refractivity contribution in [3.8, 4) is 22.6 Å². The molecule has 2 heterocycles. The number of nitrogens with zero attached hydrogens (tertiary/aromatic N) is 2. The number of fused-ring (bicyclic) bond motifs is 6. The molecule has 4 heteroatoms. The number of thiophene rings is 1. The van der Waals surface area contributed by atoms with E-state index in [1.54, 1.807) is 0 Å². The summed E-state index contributed by atoms with van der Waals surface area (Å²) in [5.41, 5.74) is 8.51. The first-order chi connectivity index (χ1) is 24.0. The summed E-state index contributed by atoms with van der Waals surface area (Å²) in [5.74, 6) is 1.90. The molecule has 1 aromatic heterocycles. The minimum Gasteiger partial charge on any atom is -0.455 e.